The first-order valence-electron chi connectivity index (χ1n) is 5.92. The molecule has 90 valence electrons. The normalized spacial score (nSPS) is 12.5. The van der Waals surface area contributed by atoms with Crippen molar-refractivity contribution in [3.8, 4) is 0 Å². The van der Waals surface area contributed by atoms with Crippen LogP contribution in [0.1, 0.15) is 31.3 Å². The molecule has 0 saturated heterocycles. The Morgan fingerprint density at radius 3 is 2.69 bits per heavy atom. The highest BCUT2D eigenvalue weighted by molar-refractivity contribution is 5.35. The van der Waals surface area contributed by atoms with Crippen LogP contribution < -0.4 is 11.1 Å². The molecule has 0 amide bonds. The minimum Gasteiger partial charge on any atom is -0.370 e. The zero-order valence-electron chi connectivity index (χ0n) is 10.5. The fourth-order valence-electron chi connectivity index (χ4n) is 1.74. The topological polar surface area (TPSA) is 63.8 Å². The lowest BCUT2D eigenvalue weighted by Crippen LogP contribution is -2.18. The van der Waals surface area contributed by atoms with Crippen LogP contribution in [0.2, 0.25) is 0 Å². The van der Waals surface area contributed by atoms with Crippen molar-refractivity contribution in [2.45, 2.75) is 33.6 Å². The molecule has 0 aromatic carbocycles. The van der Waals surface area contributed by atoms with Gasteiger partial charge in [0, 0.05) is 18.3 Å². The lowest BCUT2D eigenvalue weighted by molar-refractivity contribution is 0.501. The van der Waals surface area contributed by atoms with Crippen LogP contribution >= 0.6 is 0 Å². The first-order valence-corrected chi connectivity index (χ1v) is 5.92. The predicted molar refractivity (Wildman–Crippen MR) is 67.4 cm³/mol. The Bertz CT molecular complexity index is 305. The van der Waals surface area contributed by atoms with Crippen LogP contribution in [0, 0.1) is 19.8 Å². The number of hydrogen-bond acceptors (Lipinski definition) is 4. The molecule has 16 heavy (non-hydrogen) atoms. The van der Waals surface area contributed by atoms with Gasteiger partial charge in [0.05, 0.1) is 0 Å². The average Bonchev–Trinajstić information content (AvgIpc) is 2.23. The highest BCUT2D eigenvalue weighted by atomic mass is 15.0. The molecule has 0 aliphatic heterocycles. The number of nitrogens with two attached hydrogens (primary N) is 1. The second-order valence-electron chi connectivity index (χ2n) is 4.17. The highest BCUT2D eigenvalue weighted by Gasteiger charge is 2.05. The maximum Gasteiger partial charge on any atom is 0.129 e. The fraction of sp³-hybridized carbons (Fsp3) is 0.667. The summed E-state index contributed by atoms with van der Waals surface area (Å²) in [6.45, 7) is 7.77. The smallest absolute Gasteiger partial charge is 0.129 e. The Morgan fingerprint density at radius 2 is 2.12 bits per heavy atom. The standard InChI is InChI=1S/C12H22N4/c1-4-11(5-6-13)8-14-12-7-9(2)15-10(3)16-12/h7,11H,4-6,8,13H2,1-3H3,(H,14,15,16). The number of hydrogen-bond donors (Lipinski definition) is 2. The summed E-state index contributed by atoms with van der Waals surface area (Å²) in [5.74, 6) is 2.36. The minimum atomic E-state index is 0.626. The van der Waals surface area contributed by atoms with E-state index in [1.807, 2.05) is 19.9 Å². The fourth-order valence-corrected chi connectivity index (χ4v) is 1.74. The van der Waals surface area contributed by atoms with E-state index in [0.717, 1.165) is 43.3 Å². The third kappa shape index (κ3) is 4.14. The summed E-state index contributed by atoms with van der Waals surface area (Å²) in [6.07, 6.45) is 2.21. The largest absolute Gasteiger partial charge is 0.370 e. The SMILES string of the molecule is CCC(CCN)CNc1cc(C)nc(C)n1. The van der Waals surface area contributed by atoms with Crippen molar-refractivity contribution in [1.82, 2.24) is 9.97 Å². The molecule has 1 aromatic rings. The molecule has 1 rings (SSSR count). The van der Waals surface area contributed by atoms with Gasteiger partial charge in [-0.25, -0.2) is 9.97 Å². The molecule has 0 aliphatic carbocycles. The molecule has 4 nitrogen and oxygen atoms in total. The molecule has 1 aromatic heterocycles. The Kier molecular flexibility index (Phi) is 5.19. The van der Waals surface area contributed by atoms with Crippen LogP contribution in [0.15, 0.2) is 6.07 Å². The number of nitrogens with one attached hydrogen (secondary N) is 1. The van der Waals surface area contributed by atoms with Crippen molar-refractivity contribution in [3.63, 3.8) is 0 Å². The van der Waals surface area contributed by atoms with E-state index in [1.165, 1.54) is 0 Å². The van der Waals surface area contributed by atoms with Gasteiger partial charge in [-0.1, -0.05) is 13.3 Å². The van der Waals surface area contributed by atoms with E-state index >= 15 is 0 Å². The quantitative estimate of drug-likeness (QED) is 0.771. The van der Waals surface area contributed by atoms with Gasteiger partial charge < -0.3 is 11.1 Å². The van der Waals surface area contributed by atoms with Crippen LogP contribution in [-0.4, -0.2) is 23.1 Å². The molecule has 0 spiro atoms. The van der Waals surface area contributed by atoms with Crippen LogP contribution in [0.4, 0.5) is 5.82 Å². The molecule has 0 bridgehead atoms. The van der Waals surface area contributed by atoms with E-state index in [2.05, 4.69) is 22.2 Å². The number of aryl methyl sites for hydroxylation is 2. The van der Waals surface area contributed by atoms with Crippen molar-refractivity contribution in [2.75, 3.05) is 18.4 Å². The summed E-state index contributed by atoms with van der Waals surface area (Å²) < 4.78 is 0. The van der Waals surface area contributed by atoms with Crippen molar-refractivity contribution in [3.05, 3.63) is 17.6 Å². The van der Waals surface area contributed by atoms with Crippen LogP contribution in [-0.2, 0) is 0 Å². The Hall–Kier alpha value is -1.16. The monoisotopic (exact) mass is 222 g/mol. The molecule has 0 saturated carbocycles. The predicted octanol–water partition coefficient (Wildman–Crippen LogP) is 1.88. The minimum absolute atomic E-state index is 0.626. The third-order valence-corrected chi connectivity index (χ3v) is 2.69. The first-order chi connectivity index (χ1) is 7.65. The molecule has 3 N–H and O–H groups in total. The average molecular weight is 222 g/mol. The van der Waals surface area contributed by atoms with Gasteiger partial charge in [-0.3, -0.25) is 0 Å². The Labute approximate surface area is 97.7 Å². The van der Waals surface area contributed by atoms with Gasteiger partial charge in [0.1, 0.15) is 11.6 Å². The van der Waals surface area contributed by atoms with Gasteiger partial charge in [-0.2, -0.15) is 0 Å². The zero-order valence-corrected chi connectivity index (χ0v) is 10.5. The van der Waals surface area contributed by atoms with Gasteiger partial charge in [-0.05, 0) is 32.7 Å². The molecular weight excluding hydrogens is 200 g/mol. The van der Waals surface area contributed by atoms with E-state index in [4.69, 9.17) is 5.73 Å². The molecule has 0 aliphatic rings. The van der Waals surface area contributed by atoms with E-state index in [9.17, 15) is 0 Å². The lowest BCUT2D eigenvalue weighted by atomic mass is 10.0. The number of nitrogens with zero attached hydrogens (tertiary/aromatic N) is 2. The highest BCUT2D eigenvalue weighted by Crippen LogP contribution is 2.10. The van der Waals surface area contributed by atoms with Gasteiger partial charge in [0.15, 0.2) is 0 Å². The molecule has 1 unspecified atom stereocenters. The molecule has 0 fully saturated rings. The van der Waals surface area contributed by atoms with Gasteiger partial charge >= 0.3 is 0 Å². The summed E-state index contributed by atoms with van der Waals surface area (Å²) in [7, 11) is 0. The Balaban J connectivity index is 2.52. The summed E-state index contributed by atoms with van der Waals surface area (Å²) in [5.41, 5.74) is 6.57. The van der Waals surface area contributed by atoms with E-state index < -0.39 is 0 Å². The van der Waals surface area contributed by atoms with E-state index in [-0.39, 0.29) is 0 Å². The van der Waals surface area contributed by atoms with Crippen LogP contribution in [0.25, 0.3) is 0 Å². The first kappa shape index (κ1) is 12.9. The number of anilines is 1. The maximum absolute atomic E-state index is 5.57. The van der Waals surface area contributed by atoms with Gasteiger partial charge in [-0.15, -0.1) is 0 Å². The van der Waals surface area contributed by atoms with E-state index in [0.29, 0.717) is 5.92 Å². The molecular formula is C12H22N4. The van der Waals surface area contributed by atoms with Crippen molar-refractivity contribution >= 4 is 5.82 Å². The Morgan fingerprint density at radius 1 is 1.38 bits per heavy atom. The summed E-state index contributed by atoms with van der Waals surface area (Å²) >= 11 is 0. The number of aromatic nitrogens is 2. The zero-order chi connectivity index (χ0) is 12.0. The summed E-state index contributed by atoms with van der Waals surface area (Å²) in [5, 5.41) is 3.36. The second-order valence-corrected chi connectivity index (χ2v) is 4.17. The third-order valence-electron chi connectivity index (χ3n) is 2.69. The summed E-state index contributed by atoms with van der Waals surface area (Å²) in [4.78, 5) is 8.59. The number of rotatable bonds is 6. The maximum atomic E-state index is 5.57. The molecule has 1 atom stereocenters. The lowest BCUT2D eigenvalue weighted by Gasteiger charge is -2.15. The molecule has 4 heteroatoms. The van der Waals surface area contributed by atoms with Crippen molar-refractivity contribution in [1.29, 1.82) is 0 Å². The van der Waals surface area contributed by atoms with E-state index in [1.54, 1.807) is 0 Å². The van der Waals surface area contributed by atoms with Gasteiger partial charge in [0.25, 0.3) is 0 Å². The molecule has 1 heterocycles. The van der Waals surface area contributed by atoms with Crippen LogP contribution in [0.3, 0.4) is 0 Å². The second kappa shape index (κ2) is 6.43. The van der Waals surface area contributed by atoms with Crippen molar-refractivity contribution < 1.29 is 0 Å². The van der Waals surface area contributed by atoms with Crippen LogP contribution in [0.5, 0.6) is 0 Å². The van der Waals surface area contributed by atoms with Crippen molar-refractivity contribution in [2.24, 2.45) is 11.7 Å². The molecule has 0 radical (unpaired) electrons. The van der Waals surface area contributed by atoms with Gasteiger partial charge in [0.2, 0.25) is 0 Å². The summed E-state index contributed by atoms with van der Waals surface area (Å²) in [6, 6.07) is 1.97.